The molecule has 0 radical (unpaired) electrons. The van der Waals surface area contributed by atoms with E-state index >= 15 is 0 Å². The van der Waals surface area contributed by atoms with Gasteiger partial charge in [-0.15, -0.1) is 0 Å². The normalized spacial score (nSPS) is 17.9. The lowest BCUT2D eigenvalue weighted by Crippen LogP contribution is -2.17. The number of halogens is 3. The number of ketones is 1. The molecule has 0 spiro atoms. The molecule has 13 heteroatoms. The minimum absolute atomic E-state index is 0.0362. The fourth-order valence-corrected chi connectivity index (χ4v) is 6.22. The van der Waals surface area contributed by atoms with E-state index in [2.05, 4.69) is 15.3 Å². The first-order chi connectivity index (χ1) is 18.0. The zero-order chi connectivity index (χ0) is 27.1. The maximum atomic E-state index is 13.9. The van der Waals surface area contributed by atoms with Gasteiger partial charge in [-0.2, -0.15) is 18.2 Å². The van der Waals surface area contributed by atoms with Crippen molar-refractivity contribution in [3.8, 4) is 34.3 Å². The number of sulfone groups is 1. The third-order valence-corrected chi connectivity index (χ3v) is 8.09. The largest absolute Gasteiger partial charge is 0.422 e. The van der Waals surface area contributed by atoms with Crippen LogP contribution in [0.4, 0.5) is 13.2 Å². The van der Waals surface area contributed by atoms with Crippen LogP contribution in [0, 0.1) is 5.92 Å². The fourth-order valence-electron chi connectivity index (χ4n) is 4.35. The Morgan fingerprint density at radius 1 is 1.03 bits per heavy atom. The van der Waals surface area contributed by atoms with Crippen LogP contribution < -0.4 is 0 Å². The van der Waals surface area contributed by atoms with Crippen LogP contribution in [0.2, 0.25) is 0 Å². The third-order valence-electron chi connectivity index (χ3n) is 6.25. The van der Waals surface area contributed by atoms with Gasteiger partial charge in [0.1, 0.15) is 17.4 Å². The van der Waals surface area contributed by atoms with Crippen LogP contribution in [0.25, 0.3) is 34.3 Å². The highest BCUT2D eigenvalue weighted by molar-refractivity contribution is 7.91. The molecule has 4 aromatic rings. The Balaban J connectivity index is 1.35. The van der Waals surface area contributed by atoms with Gasteiger partial charge in [0.2, 0.25) is 11.6 Å². The van der Waals surface area contributed by atoms with E-state index in [1.54, 1.807) is 18.2 Å². The molecule has 0 saturated carbocycles. The van der Waals surface area contributed by atoms with Gasteiger partial charge in [-0.05, 0) is 17.9 Å². The van der Waals surface area contributed by atoms with Crippen molar-refractivity contribution in [2.24, 2.45) is 5.92 Å². The van der Waals surface area contributed by atoms with Crippen molar-refractivity contribution in [1.29, 1.82) is 0 Å². The number of carbonyl (C=O) groups excluding carboxylic acids is 1. The number of carbonyl (C=O) groups is 1. The Morgan fingerprint density at radius 2 is 1.74 bits per heavy atom. The molecule has 1 aliphatic rings. The van der Waals surface area contributed by atoms with Crippen LogP contribution >= 0.6 is 0 Å². The maximum absolute atomic E-state index is 13.9. The van der Waals surface area contributed by atoms with Gasteiger partial charge < -0.3 is 14.2 Å². The minimum Gasteiger partial charge on any atom is -0.381 e. The van der Waals surface area contributed by atoms with E-state index in [-0.39, 0.29) is 40.8 Å². The smallest absolute Gasteiger partial charge is 0.381 e. The summed E-state index contributed by atoms with van der Waals surface area (Å²) >= 11 is 0. The summed E-state index contributed by atoms with van der Waals surface area (Å²) in [4.78, 5) is 16.5. The topological polar surface area (TPSA) is 136 Å². The van der Waals surface area contributed by atoms with Crippen molar-refractivity contribution in [2.75, 3.05) is 11.5 Å². The molecule has 0 aliphatic carbocycles. The Labute approximate surface area is 214 Å². The van der Waals surface area contributed by atoms with Crippen LogP contribution in [0.1, 0.15) is 30.1 Å². The van der Waals surface area contributed by atoms with Crippen LogP contribution in [-0.4, -0.2) is 46.1 Å². The molecule has 3 heterocycles. The molecule has 2 aromatic heterocycles. The summed E-state index contributed by atoms with van der Waals surface area (Å²) in [7, 11) is -3.14. The number of nitrogens with zero attached hydrogens (tertiary/aromatic N) is 3. The minimum atomic E-state index is -4.82. The molecule has 1 fully saturated rings. The molecular weight excluding hydrogens is 527 g/mol. The summed E-state index contributed by atoms with van der Waals surface area (Å²) in [6.45, 7) is 0. The van der Waals surface area contributed by atoms with Gasteiger partial charge in [0.25, 0.3) is 5.89 Å². The van der Waals surface area contributed by atoms with E-state index in [9.17, 15) is 31.5 Å². The lowest BCUT2D eigenvalue weighted by Gasteiger charge is -2.13. The number of alkyl halides is 3. The number of aromatic nitrogens is 3. The molecule has 0 amide bonds. The Bertz CT molecular complexity index is 1560. The van der Waals surface area contributed by atoms with Crippen molar-refractivity contribution in [3.05, 3.63) is 65.7 Å². The van der Waals surface area contributed by atoms with Crippen LogP contribution in [0.15, 0.2) is 63.6 Å². The van der Waals surface area contributed by atoms with Crippen molar-refractivity contribution in [1.82, 2.24) is 15.3 Å². The van der Waals surface area contributed by atoms with E-state index in [1.807, 2.05) is 0 Å². The number of hydrogen-bond acceptors (Lipinski definition) is 9. The van der Waals surface area contributed by atoms with Crippen LogP contribution in [0.3, 0.4) is 0 Å². The monoisotopic (exact) mass is 547 g/mol. The van der Waals surface area contributed by atoms with Crippen LogP contribution in [0.5, 0.6) is 0 Å². The summed E-state index contributed by atoms with van der Waals surface area (Å²) in [6.07, 6.45) is -5.94. The summed E-state index contributed by atoms with van der Waals surface area (Å²) in [5.74, 6) is -2.14. The SMILES string of the molecule is O=C(CC1CCS(=O)(=O)C1)C(O)c1ccc(-c2noc(-c3onc(-c4ccccc4)c3C(F)(F)F)n2)cc1. The molecule has 9 nitrogen and oxygen atoms in total. The van der Waals surface area contributed by atoms with E-state index < -0.39 is 50.8 Å². The Morgan fingerprint density at radius 3 is 2.37 bits per heavy atom. The molecule has 2 atom stereocenters. The Kier molecular flexibility index (Phi) is 6.65. The van der Waals surface area contributed by atoms with Crippen molar-refractivity contribution < 1.29 is 40.5 Å². The predicted octanol–water partition coefficient (Wildman–Crippen LogP) is 4.50. The molecule has 1 saturated heterocycles. The van der Waals surface area contributed by atoms with E-state index in [0.29, 0.717) is 12.0 Å². The molecule has 38 heavy (non-hydrogen) atoms. The lowest BCUT2D eigenvalue weighted by molar-refractivity contribution is -0.137. The van der Waals surface area contributed by atoms with Gasteiger partial charge in [0.15, 0.2) is 15.6 Å². The number of aliphatic hydroxyl groups excluding tert-OH is 1. The second-order valence-electron chi connectivity index (χ2n) is 8.99. The molecule has 2 unspecified atom stereocenters. The average Bonchev–Trinajstić information content (AvgIpc) is 3.62. The first-order valence-electron chi connectivity index (χ1n) is 11.5. The van der Waals surface area contributed by atoms with Gasteiger partial charge >= 0.3 is 6.18 Å². The number of rotatable bonds is 7. The summed E-state index contributed by atoms with van der Waals surface area (Å²) < 4.78 is 75.0. The predicted molar refractivity (Wildman–Crippen MR) is 127 cm³/mol. The standard InChI is InChI=1S/C25H20F3N3O6S/c26-25(27,28)19-20(15-4-2-1-3-5-15)30-36-22(19)24-29-23(31-37-24)17-8-6-16(7-9-17)21(33)18(32)12-14-10-11-38(34,35)13-14/h1-9,14,21,33H,10-13H2. The van der Waals surface area contributed by atoms with Gasteiger partial charge in [0.05, 0.1) is 11.5 Å². The lowest BCUT2D eigenvalue weighted by atomic mass is 9.95. The first kappa shape index (κ1) is 25.8. The van der Waals surface area contributed by atoms with Gasteiger partial charge in [0, 0.05) is 17.5 Å². The Hall–Kier alpha value is -3.84. The van der Waals surface area contributed by atoms with Gasteiger partial charge in [-0.1, -0.05) is 64.9 Å². The average molecular weight is 548 g/mol. The zero-order valence-electron chi connectivity index (χ0n) is 19.6. The number of hydrogen-bond donors (Lipinski definition) is 1. The fraction of sp³-hybridized carbons (Fsp3) is 0.280. The molecule has 1 aliphatic heterocycles. The second kappa shape index (κ2) is 9.80. The highest BCUT2D eigenvalue weighted by Gasteiger charge is 2.43. The quantitative estimate of drug-likeness (QED) is 0.354. The van der Waals surface area contributed by atoms with Crippen molar-refractivity contribution in [2.45, 2.75) is 25.1 Å². The second-order valence-corrected chi connectivity index (χ2v) is 11.2. The van der Waals surface area contributed by atoms with E-state index in [0.717, 1.165) is 0 Å². The molecule has 0 bridgehead atoms. The summed E-state index contributed by atoms with van der Waals surface area (Å²) in [5, 5.41) is 17.7. The van der Waals surface area contributed by atoms with Gasteiger partial charge in [-0.25, -0.2) is 8.42 Å². The highest BCUT2D eigenvalue weighted by atomic mass is 32.2. The number of benzene rings is 2. The highest BCUT2D eigenvalue weighted by Crippen LogP contribution is 2.43. The molecule has 2 aromatic carbocycles. The molecule has 5 rings (SSSR count). The van der Waals surface area contributed by atoms with E-state index in [4.69, 9.17) is 9.05 Å². The summed E-state index contributed by atoms with van der Waals surface area (Å²) in [5.41, 5.74) is -0.739. The third kappa shape index (κ3) is 5.24. The zero-order valence-corrected chi connectivity index (χ0v) is 20.4. The molecular formula is C25H20F3N3O6S. The van der Waals surface area contributed by atoms with Crippen molar-refractivity contribution in [3.63, 3.8) is 0 Å². The first-order valence-corrected chi connectivity index (χ1v) is 13.3. The number of aliphatic hydroxyl groups is 1. The number of Topliss-reactive ketones (excluding diaryl/α,β-unsaturated/α-hetero) is 1. The summed E-state index contributed by atoms with van der Waals surface area (Å²) in [6, 6.07) is 13.6. The molecule has 198 valence electrons. The molecule has 1 N–H and O–H groups in total. The maximum Gasteiger partial charge on any atom is 0.422 e. The van der Waals surface area contributed by atoms with Gasteiger partial charge in [-0.3, -0.25) is 4.79 Å². The van der Waals surface area contributed by atoms with E-state index in [1.165, 1.54) is 36.4 Å². The van der Waals surface area contributed by atoms with Crippen molar-refractivity contribution >= 4 is 15.6 Å². The van der Waals surface area contributed by atoms with Crippen LogP contribution in [-0.2, 0) is 20.8 Å².